The maximum absolute atomic E-state index is 12.0. The van der Waals surface area contributed by atoms with E-state index in [4.69, 9.17) is 9.47 Å². The van der Waals surface area contributed by atoms with Crippen LogP contribution in [0, 0.1) is 0 Å². The number of nitrogens with zero attached hydrogens (tertiary/aromatic N) is 1. The molecule has 2 aromatic carbocycles. The molecule has 0 unspecified atom stereocenters. The summed E-state index contributed by atoms with van der Waals surface area (Å²) < 4.78 is 10.4. The molecule has 130 valence electrons. The van der Waals surface area contributed by atoms with Gasteiger partial charge in [0.2, 0.25) is 5.91 Å². The first-order valence-corrected chi connectivity index (χ1v) is 7.46. The van der Waals surface area contributed by atoms with Crippen molar-refractivity contribution >= 4 is 23.7 Å². The maximum atomic E-state index is 12.0. The summed E-state index contributed by atoms with van der Waals surface area (Å²) in [5, 5.41) is 6.56. The first-order chi connectivity index (χ1) is 12.0. The monoisotopic (exact) mass is 341 g/mol. The Hall–Kier alpha value is -3.35. The number of carbonyl (C=O) groups is 2. The lowest BCUT2D eigenvalue weighted by atomic mass is 10.2. The van der Waals surface area contributed by atoms with Crippen LogP contribution >= 0.6 is 0 Å². The second kappa shape index (κ2) is 8.49. The highest BCUT2D eigenvalue weighted by atomic mass is 16.5. The van der Waals surface area contributed by atoms with E-state index in [1.165, 1.54) is 13.1 Å². The number of benzene rings is 2. The molecule has 2 aromatic rings. The Kier molecular flexibility index (Phi) is 6.11. The van der Waals surface area contributed by atoms with E-state index < -0.39 is 0 Å². The van der Waals surface area contributed by atoms with E-state index in [1.807, 2.05) is 0 Å². The summed E-state index contributed by atoms with van der Waals surface area (Å²) in [6.07, 6.45) is 1.51. The standard InChI is InChI=1S/C18H19N3O4/c1-12(22)20-15-7-5-14(6-8-15)18(23)21-19-11-13-4-9-16(24-2)17(10-13)25-3/h4-11H,1-3H3,(H,20,22)(H,21,23)/b19-11+. The van der Waals surface area contributed by atoms with Crippen LogP contribution in [-0.2, 0) is 4.79 Å². The number of hydrogen-bond donors (Lipinski definition) is 2. The lowest BCUT2D eigenvalue weighted by Gasteiger charge is -2.07. The molecule has 0 saturated heterocycles. The van der Waals surface area contributed by atoms with Crippen LogP contribution in [0.4, 0.5) is 5.69 Å². The highest BCUT2D eigenvalue weighted by Crippen LogP contribution is 2.26. The van der Waals surface area contributed by atoms with Gasteiger partial charge in [0, 0.05) is 18.2 Å². The highest BCUT2D eigenvalue weighted by Gasteiger charge is 2.05. The number of nitrogens with one attached hydrogen (secondary N) is 2. The average Bonchev–Trinajstić information content (AvgIpc) is 2.61. The summed E-state index contributed by atoms with van der Waals surface area (Å²) in [4.78, 5) is 23.0. The van der Waals surface area contributed by atoms with Crippen LogP contribution in [0.2, 0.25) is 0 Å². The molecule has 0 heterocycles. The van der Waals surface area contributed by atoms with Crippen molar-refractivity contribution in [1.82, 2.24) is 5.43 Å². The molecule has 7 nitrogen and oxygen atoms in total. The van der Waals surface area contributed by atoms with Gasteiger partial charge >= 0.3 is 0 Å². The summed E-state index contributed by atoms with van der Waals surface area (Å²) in [6, 6.07) is 11.8. The van der Waals surface area contributed by atoms with Gasteiger partial charge in [0.25, 0.3) is 5.91 Å². The van der Waals surface area contributed by atoms with E-state index in [2.05, 4.69) is 15.8 Å². The fourth-order valence-electron chi connectivity index (χ4n) is 2.07. The zero-order chi connectivity index (χ0) is 18.2. The SMILES string of the molecule is COc1ccc(/C=N/NC(=O)c2ccc(NC(C)=O)cc2)cc1OC. The Morgan fingerprint density at radius 3 is 2.28 bits per heavy atom. The highest BCUT2D eigenvalue weighted by molar-refractivity contribution is 5.96. The summed E-state index contributed by atoms with van der Waals surface area (Å²) in [6.45, 7) is 1.42. The Morgan fingerprint density at radius 2 is 1.68 bits per heavy atom. The molecule has 0 spiro atoms. The quantitative estimate of drug-likeness (QED) is 0.624. The van der Waals surface area contributed by atoms with E-state index in [0.29, 0.717) is 22.7 Å². The summed E-state index contributed by atoms with van der Waals surface area (Å²) in [5.41, 5.74) is 4.25. The van der Waals surface area contributed by atoms with Gasteiger partial charge in [0.15, 0.2) is 11.5 Å². The Morgan fingerprint density at radius 1 is 1.00 bits per heavy atom. The fraction of sp³-hybridized carbons (Fsp3) is 0.167. The van der Waals surface area contributed by atoms with E-state index >= 15 is 0 Å². The van der Waals surface area contributed by atoms with Crippen LogP contribution in [0.15, 0.2) is 47.6 Å². The minimum Gasteiger partial charge on any atom is -0.493 e. The molecule has 2 rings (SSSR count). The van der Waals surface area contributed by atoms with Gasteiger partial charge in [-0.2, -0.15) is 5.10 Å². The van der Waals surface area contributed by atoms with Gasteiger partial charge in [-0.05, 0) is 48.0 Å². The zero-order valence-electron chi connectivity index (χ0n) is 14.2. The van der Waals surface area contributed by atoms with Crippen molar-refractivity contribution in [2.24, 2.45) is 5.10 Å². The predicted molar refractivity (Wildman–Crippen MR) is 95.4 cm³/mol. The molecule has 0 bridgehead atoms. The number of amides is 2. The molecule has 0 atom stereocenters. The molecule has 0 saturated carbocycles. The van der Waals surface area contributed by atoms with Crippen molar-refractivity contribution in [3.63, 3.8) is 0 Å². The van der Waals surface area contributed by atoms with Crippen LogP contribution in [0.1, 0.15) is 22.8 Å². The number of carbonyl (C=O) groups excluding carboxylic acids is 2. The van der Waals surface area contributed by atoms with Gasteiger partial charge in [-0.15, -0.1) is 0 Å². The third kappa shape index (κ3) is 5.07. The third-order valence-corrected chi connectivity index (χ3v) is 3.25. The summed E-state index contributed by atoms with van der Waals surface area (Å²) in [5.74, 6) is 0.664. The smallest absolute Gasteiger partial charge is 0.271 e. The Labute approximate surface area is 145 Å². The average molecular weight is 341 g/mol. The summed E-state index contributed by atoms with van der Waals surface area (Å²) >= 11 is 0. The number of hydrazone groups is 1. The molecule has 0 radical (unpaired) electrons. The fourth-order valence-corrected chi connectivity index (χ4v) is 2.07. The lowest BCUT2D eigenvalue weighted by Crippen LogP contribution is -2.17. The molecule has 25 heavy (non-hydrogen) atoms. The van der Waals surface area contributed by atoms with Crippen molar-refractivity contribution < 1.29 is 19.1 Å². The number of ether oxygens (including phenoxy) is 2. The zero-order valence-corrected chi connectivity index (χ0v) is 14.2. The minimum atomic E-state index is -0.355. The molecule has 2 amide bonds. The van der Waals surface area contributed by atoms with Gasteiger partial charge in [0.05, 0.1) is 20.4 Å². The van der Waals surface area contributed by atoms with Crippen molar-refractivity contribution in [1.29, 1.82) is 0 Å². The van der Waals surface area contributed by atoms with Gasteiger partial charge < -0.3 is 14.8 Å². The molecule has 0 fully saturated rings. The third-order valence-electron chi connectivity index (χ3n) is 3.25. The van der Waals surface area contributed by atoms with Crippen LogP contribution < -0.4 is 20.2 Å². The molecule has 0 aliphatic carbocycles. The topological polar surface area (TPSA) is 89.0 Å². The largest absolute Gasteiger partial charge is 0.493 e. The molecular formula is C18H19N3O4. The van der Waals surface area contributed by atoms with Crippen LogP contribution in [0.5, 0.6) is 11.5 Å². The second-order valence-corrected chi connectivity index (χ2v) is 5.07. The van der Waals surface area contributed by atoms with Crippen LogP contribution in [0.3, 0.4) is 0 Å². The van der Waals surface area contributed by atoms with E-state index in [9.17, 15) is 9.59 Å². The van der Waals surface area contributed by atoms with Gasteiger partial charge in [0.1, 0.15) is 0 Å². The molecule has 7 heteroatoms. The maximum Gasteiger partial charge on any atom is 0.271 e. The molecule has 2 N–H and O–H groups in total. The van der Waals surface area contributed by atoms with Gasteiger partial charge in [-0.1, -0.05) is 0 Å². The molecule has 0 aromatic heterocycles. The van der Waals surface area contributed by atoms with Crippen molar-refractivity contribution in [2.75, 3.05) is 19.5 Å². The van der Waals surface area contributed by atoms with Crippen molar-refractivity contribution in [2.45, 2.75) is 6.92 Å². The lowest BCUT2D eigenvalue weighted by molar-refractivity contribution is -0.114. The minimum absolute atomic E-state index is 0.170. The van der Waals surface area contributed by atoms with Crippen LogP contribution in [-0.4, -0.2) is 32.2 Å². The van der Waals surface area contributed by atoms with Gasteiger partial charge in [-0.3, -0.25) is 9.59 Å². The van der Waals surface area contributed by atoms with E-state index in [1.54, 1.807) is 56.7 Å². The van der Waals surface area contributed by atoms with Crippen molar-refractivity contribution in [3.05, 3.63) is 53.6 Å². The Balaban J connectivity index is 1.99. The predicted octanol–water partition coefficient (Wildman–Crippen LogP) is 2.43. The number of rotatable bonds is 6. The van der Waals surface area contributed by atoms with Gasteiger partial charge in [-0.25, -0.2) is 5.43 Å². The van der Waals surface area contributed by atoms with Crippen LogP contribution in [0.25, 0.3) is 0 Å². The number of methoxy groups -OCH3 is 2. The molecular weight excluding hydrogens is 322 g/mol. The van der Waals surface area contributed by atoms with E-state index in [-0.39, 0.29) is 11.8 Å². The second-order valence-electron chi connectivity index (χ2n) is 5.07. The number of anilines is 1. The number of hydrogen-bond acceptors (Lipinski definition) is 5. The van der Waals surface area contributed by atoms with Crippen molar-refractivity contribution in [3.8, 4) is 11.5 Å². The molecule has 0 aliphatic heterocycles. The molecule has 0 aliphatic rings. The van der Waals surface area contributed by atoms with E-state index in [0.717, 1.165) is 5.56 Å². The first-order valence-electron chi connectivity index (χ1n) is 7.46. The first kappa shape index (κ1) is 18.0. The summed E-state index contributed by atoms with van der Waals surface area (Å²) in [7, 11) is 3.11. The Bertz CT molecular complexity index is 785. The normalized spacial score (nSPS) is 10.4.